The average Bonchev–Trinajstić information content (AvgIpc) is 2.54. The number of amides is 1. The second-order valence-electron chi connectivity index (χ2n) is 3.33. The van der Waals surface area contributed by atoms with E-state index in [4.69, 9.17) is 9.52 Å². The zero-order valence-electron chi connectivity index (χ0n) is 8.91. The quantitative estimate of drug-likeness (QED) is 0.732. The lowest BCUT2D eigenvalue weighted by atomic mass is 10.2. The molecule has 0 saturated carbocycles. The third kappa shape index (κ3) is 2.70. The molecule has 0 bridgehead atoms. The summed E-state index contributed by atoms with van der Waals surface area (Å²) in [7, 11) is 0. The molecule has 1 rings (SSSR count). The van der Waals surface area contributed by atoms with E-state index >= 15 is 0 Å². The molecule has 1 heterocycles. The minimum absolute atomic E-state index is 0.162. The second kappa shape index (κ2) is 4.79. The summed E-state index contributed by atoms with van der Waals surface area (Å²) < 4.78 is 5.24. The number of furan rings is 1. The van der Waals surface area contributed by atoms with Gasteiger partial charge in [0.25, 0.3) is 5.91 Å². The van der Waals surface area contributed by atoms with E-state index in [1.807, 2.05) is 0 Å². The summed E-state index contributed by atoms with van der Waals surface area (Å²) >= 11 is 0. The van der Waals surface area contributed by atoms with Crippen LogP contribution in [0.3, 0.4) is 0 Å². The van der Waals surface area contributed by atoms with Gasteiger partial charge in [0, 0.05) is 0 Å². The van der Waals surface area contributed by atoms with Crippen LogP contribution in [0.1, 0.15) is 21.9 Å². The molecular formula is C11H15NO3. The van der Waals surface area contributed by atoms with Crippen molar-refractivity contribution >= 4 is 5.91 Å². The van der Waals surface area contributed by atoms with Crippen LogP contribution in [0.4, 0.5) is 0 Å². The number of carbonyl (C=O) groups is 1. The molecule has 15 heavy (non-hydrogen) atoms. The SMILES string of the molecule is C=C[C@H](CO)NC(=O)c1cc(C)oc1C. The van der Waals surface area contributed by atoms with Crippen LogP contribution in [0.2, 0.25) is 0 Å². The van der Waals surface area contributed by atoms with Crippen LogP contribution in [0.5, 0.6) is 0 Å². The molecule has 82 valence electrons. The summed E-state index contributed by atoms with van der Waals surface area (Å²) in [6, 6.07) is 1.24. The predicted octanol–water partition coefficient (Wildman–Crippen LogP) is 1.17. The van der Waals surface area contributed by atoms with Crippen LogP contribution in [-0.4, -0.2) is 23.7 Å². The number of aliphatic hydroxyl groups is 1. The lowest BCUT2D eigenvalue weighted by Crippen LogP contribution is -2.35. The molecule has 0 spiro atoms. The van der Waals surface area contributed by atoms with E-state index in [0.29, 0.717) is 17.1 Å². The molecule has 1 atom stereocenters. The molecule has 0 saturated heterocycles. The van der Waals surface area contributed by atoms with E-state index < -0.39 is 6.04 Å². The van der Waals surface area contributed by atoms with Crippen molar-refractivity contribution in [1.82, 2.24) is 5.32 Å². The normalized spacial score (nSPS) is 12.2. The first kappa shape index (κ1) is 11.5. The Hall–Kier alpha value is -1.55. The molecule has 1 aromatic rings. The number of hydrogen-bond acceptors (Lipinski definition) is 3. The van der Waals surface area contributed by atoms with Crippen molar-refractivity contribution in [3.63, 3.8) is 0 Å². The van der Waals surface area contributed by atoms with Gasteiger partial charge in [0.15, 0.2) is 0 Å². The van der Waals surface area contributed by atoms with Gasteiger partial charge in [-0.05, 0) is 19.9 Å². The van der Waals surface area contributed by atoms with Gasteiger partial charge in [-0.25, -0.2) is 0 Å². The van der Waals surface area contributed by atoms with Crippen LogP contribution in [0.15, 0.2) is 23.1 Å². The van der Waals surface area contributed by atoms with Gasteiger partial charge in [0.2, 0.25) is 0 Å². The van der Waals surface area contributed by atoms with Gasteiger partial charge in [-0.2, -0.15) is 0 Å². The van der Waals surface area contributed by atoms with Gasteiger partial charge in [-0.1, -0.05) is 6.08 Å². The monoisotopic (exact) mass is 209 g/mol. The Morgan fingerprint density at radius 2 is 2.40 bits per heavy atom. The van der Waals surface area contributed by atoms with Gasteiger partial charge >= 0.3 is 0 Å². The molecule has 2 N–H and O–H groups in total. The Bertz CT molecular complexity index is 368. The molecule has 0 aromatic carbocycles. The van der Waals surface area contributed by atoms with Crippen molar-refractivity contribution in [2.45, 2.75) is 19.9 Å². The maximum Gasteiger partial charge on any atom is 0.255 e. The van der Waals surface area contributed by atoms with E-state index in [9.17, 15) is 4.79 Å². The topological polar surface area (TPSA) is 62.5 Å². The lowest BCUT2D eigenvalue weighted by molar-refractivity contribution is 0.0928. The van der Waals surface area contributed by atoms with Crippen LogP contribution < -0.4 is 5.32 Å². The molecule has 4 nitrogen and oxygen atoms in total. The summed E-state index contributed by atoms with van der Waals surface area (Å²) in [6.07, 6.45) is 1.49. The fourth-order valence-corrected chi connectivity index (χ4v) is 1.28. The van der Waals surface area contributed by atoms with Crippen LogP contribution >= 0.6 is 0 Å². The highest BCUT2D eigenvalue weighted by Gasteiger charge is 2.15. The molecular weight excluding hydrogens is 194 g/mol. The second-order valence-corrected chi connectivity index (χ2v) is 3.33. The first-order valence-corrected chi connectivity index (χ1v) is 4.69. The van der Waals surface area contributed by atoms with E-state index in [-0.39, 0.29) is 12.5 Å². The molecule has 0 aliphatic carbocycles. The van der Waals surface area contributed by atoms with Gasteiger partial charge in [0.1, 0.15) is 11.5 Å². The number of rotatable bonds is 4. The smallest absolute Gasteiger partial charge is 0.255 e. The minimum atomic E-state index is -0.424. The van der Waals surface area contributed by atoms with Crippen molar-refractivity contribution in [1.29, 1.82) is 0 Å². The van der Waals surface area contributed by atoms with Crippen LogP contribution in [0.25, 0.3) is 0 Å². The van der Waals surface area contributed by atoms with E-state index in [1.54, 1.807) is 19.9 Å². The lowest BCUT2D eigenvalue weighted by Gasteiger charge is -2.10. The van der Waals surface area contributed by atoms with Gasteiger partial charge < -0.3 is 14.8 Å². The Balaban J connectivity index is 2.76. The Labute approximate surface area is 88.6 Å². The van der Waals surface area contributed by atoms with Crippen molar-refractivity contribution in [2.75, 3.05) is 6.61 Å². The van der Waals surface area contributed by atoms with E-state index in [2.05, 4.69) is 11.9 Å². The number of hydrogen-bond donors (Lipinski definition) is 2. The Kier molecular flexibility index (Phi) is 3.68. The largest absolute Gasteiger partial charge is 0.466 e. The molecule has 0 radical (unpaired) electrons. The summed E-state index contributed by atoms with van der Waals surface area (Å²) in [5, 5.41) is 11.5. The molecule has 0 unspecified atom stereocenters. The van der Waals surface area contributed by atoms with Crippen molar-refractivity contribution in [3.8, 4) is 0 Å². The van der Waals surface area contributed by atoms with E-state index in [0.717, 1.165) is 0 Å². The molecule has 4 heteroatoms. The molecule has 0 aliphatic heterocycles. The maximum absolute atomic E-state index is 11.7. The first-order valence-electron chi connectivity index (χ1n) is 4.69. The number of nitrogens with one attached hydrogen (secondary N) is 1. The minimum Gasteiger partial charge on any atom is -0.466 e. The van der Waals surface area contributed by atoms with Gasteiger partial charge in [0.05, 0.1) is 18.2 Å². The number of aliphatic hydroxyl groups excluding tert-OH is 1. The summed E-state index contributed by atoms with van der Waals surface area (Å²) in [5.74, 6) is 1.01. The van der Waals surface area contributed by atoms with E-state index in [1.165, 1.54) is 6.08 Å². The van der Waals surface area contributed by atoms with Crippen LogP contribution in [0, 0.1) is 13.8 Å². The number of aryl methyl sites for hydroxylation is 2. The standard InChI is InChI=1S/C11H15NO3/c1-4-9(6-13)12-11(14)10-5-7(2)15-8(10)3/h4-5,9,13H,1,6H2,2-3H3,(H,12,14)/t9-/m1/s1. The highest BCUT2D eigenvalue weighted by molar-refractivity contribution is 5.95. The maximum atomic E-state index is 11.7. The summed E-state index contributed by atoms with van der Waals surface area (Å²) in [4.78, 5) is 11.7. The molecule has 0 fully saturated rings. The summed E-state index contributed by atoms with van der Waals surface area (Å²) in [5.41, 5.74) is 0.493. The first-order chi connectivity index (χ1) is 7.08. The van der Waals surface area contributed by atoms with Crippen molar-refractivity contribution in [3.05, 3.63) is 35.8 Å². The average molecular weight is 209 g/mol. The Morgan fingerprint density at radius 1 is 1.73 bits per heavy atom. The Morgan fingerprint density at radius 3 is 2.80 bits per heavy atom. The molecule has 0 aliphatic rings. The van der Waals surface area contributed by atoms with Gasteiger partial charge in [-0.15, -0.1) is 6.58 Å². The highest BCUT2D eigenvalue weighted by Crippen LogP contribution is 2.13. The third-order valence-electron chi connectivity index (χ3n) is 2.08. The third-order valence-corrected chi connectivity index (χ3v) is 2.08. The fourth-order valence-electron chi connectivity index (χ4n) is 1.28. The zero-order valence-corrected chi connectivity index (χ0v) is 8.91. The fraction of sp³-hybridized carbons (Fsp3) is 0.364. The highest BCUT2D eigenvalue weighted by atomic mass is 16.3. The predicted molar refractivity (Wildman–Crippen MR) is 56.7 cm³/mol. The zero-order chi connectivity index (χ0) is 11.4. The molecule has 1 aromatic heterocycles. The van der Waals surface area contributed by atoms with Crippen molar-refractivity contribution < 1.29 is 14.3 Å². The van der Waals surface area contributed by atoms with Gasteiger partial charge in [-0.3, -0.25) is 4.79 Å². The van der Waals surface area contributed by atoms with Crippen molar-refractivity contribution in [2.24, 2.45) is 0 Å². The molecule has 1 amide bonds. The summed E-state index contributed by atoms with van der Waals surface area (Å²) in [6.45, 7) is 6.85. The number of carbonyl (C=O) groups excluding carboxylic acids is 1. The van der Waals surface area contributed by atoms with Crippen LogP contribution in [-0.2, 0) is 0 Å².